The van der Waals surface area contributed by atoms with E-state index in [4.69, 9.17) is 0 Å². The van der Waals surface area contributed by atoms with Gasteiger partial charge in [-0.1, -0.05) is 43.7 Å². The molecule has 1 saturated heterocycles. The number of unbranched alkanes of at least 4 members (excludes halogenated alkanes) is 1. The highest BCUT2D eigenvalue weighted by Gasteiger charge is 2.21. The summed E-state index contributed by atoms with van der Waals surface area (Å²) in [5.74, 6) is -0.0966. The number of hydrogen-bond acceptors (Lipinski definition) is 5. The van der Waals surface area contributed by atoms with E-state index in [1.807, 2.05) is 41.3 Å². The highest BCUT2D eigenvalue weighted by molar-refractivity contribution is 7.92. The van der Waals surface area contributed by atoms with Gasteiger partial charge >= 0.3 is 0 Å². The van der Waals surface area contributed by atoms with Crippen LogP contribution < -0.4 is 14.9 Å². The van der Waals surface area contributed by atoms with Gasteiger partial charge in [0.15, 0.2) is 0 Å². The van der Waals surface area contributed by atoms with Crippen LogP contribution in [0.4, 0.5) is 11.4 Å². The summed E-state index contributed by atoms with van der Waals surface area (Å²) in [4.78, 5) is 17.4. The summed E-state index contributed by atoms with van der Waals surface area (Å²) in [5.41, 5.74) is 2.80. The Hall–Kier alpha value is -2.58. The Labute approximate surface area is 185 Å². The second-order valence-electron chi connectivity index (χ2n) is 7.91. The van der Waals surface area contributed by atoms with E-state index in [-0.39, 0.29) is 5.91 Å². The zero-order chi connectivity index (χ0) is 22.3. The molecule has 3 rings (SSSR count). The molecule has 1 fully saturated rings. The Balaban J connectivity index is 1.90. The number of hydrogen-bond donors (Lipinski definition) is 2. The molecule has 1 heterocycles. The molecule has 168 valence electrons. The van der Waals surface area contributed by atoms with E-state index in [9.17, 15) is 13.2 Å². The van der Waals surface area contributed by atoms with Crippen LogP contribution in [0, 0.1) is 0 Å². The molecule has 2 aromatic carbocycles. The average molecular weight is 445 g/mol. The lowest BCUT2D eigenvalue weighted by molar-refractivity contribution is 0.0741. The molecule has 0 saturated carbocycles. The van der Waals surface area contributed by atoms with Crippen LogP contribution in [0.2, 0.25) is 0 Å². The largest absolute Gasteiger partial charge is 0.367 e. The predicted octanol–water partition coefficient (Wildman–Crippen LogP) is 2.91. The first-order chi connectivity index (χ1) is 14.9. The molecule has 1 aliphatic heterocycles. The van der Waals surface area contributed by atoms with E-state index in [2.05, 4.69) is 21.9 Å². The summed E-state index contributed by atoms with van der Waals surface area (Å²) in [6, 6.07) is 15.2. The molecule has 2 N–H and O–H groups in total. The van der Waals surface area contributed by atoms with Crippen LogP contribution in [0.3, 0.4) is 0 Å². The molecule has 0 aliphatic carbocycles. The smallest absolute Gasteiger partial charge is 0.254 e. The third-order valence-electron chi connectivity index (χ3n) is 5.28. The second-order valence-corrected chi connectivity index (χ2v) is 9.66. The number of carbonyl (C=O) groups excluding carboxylic acids is 1. The summed E-state index contributed by atoms with van der Waals surface area (Å²) in [7, 11) is -3.48. The van der Waals surface area contributed by atoms with Crippen molar-refractivity contribution in [3.8, 4) is 0 Å². The van der Waals surface area contributed by atoms with Gasteiger partial charge in [0.2, 0.25) is 10.0 Å². The molecule has 0 spiro atoms. The fourth-order valence-corrected chi connectivity index (χ4v) is 4.28. The lowest BCUT2D eigenvalue weighted by atomic mass is 10.1. The minimum absolute atomic E-state index is 0.0966. The monoisotopic (exact) mass is 444 g/mol. The van der Waals surface area contributed by atoms with Gasteiger partial charge in [-0.15, -0.1) is 0 Å². The first kappa shape index (κ1) is 23.1. The summed E-state index contributed by atoms with van der Waals surface area (Å²) < 4.78 is 26.6. The molecular formula is C23H32N4O3S. The lowest BCUT2D eigenvalue weighted by Gasteiger charge is -2.31. The number of rotatable bonds is 9. The molecule has 1 aliphatic rings. The number of sulfonamides is 1. The summed E-state index contributed by atoms with van der Waals surface area (Å²) in [6.07, 6.45) is 3.03. The van der Waals surface area contributed by atoms with Crippen LogP contribution in [0.1, 0.15) is 35.7 Å². The van der Waals surface area contributed by atoms with E-state index in [0.717, 1.165) is 56.5 Å². The first-order valence-electron chi connectivity index (χ1n) is 10.8. The Morgan fingerprint density at radius 3 is 2.48 bits per heavy atom. The lowest BCUT2D eigenvalue weighted by Crippen LogP contribution is -2.43. The summed E-state index contributed by atoms with van der Waals surface area (Å²) >= 11 is 0. The molecule has 0 atom stereocenters. The van der Waals surface area contributed by atoms with Gasteiger partial charge in [0.05, 0.1) is 17.6 Å². The Morgan fingerprint density at radius 1 is 1.13 bits per heavy atom. The van der Waals surface area contributed by atoms with Crippen molar-refractivity contribution in [1.29, 1.82) is 0 Å². The number of nitrogens with zero attached hydrogens (tertiary/aromatic N) is 2. The van der Waals surface area contributed by atoms with Crippen molar-refractivity contribution >= 4 is 27.3 Å². The zero-order valence-electron chi connectivity index (χ0n) is 18.3. The molecule has 7 nitrogen and oxygen atoms in total. The minimum atomic E-state index is -3.48. The zero-order valence-corrected chi connectivity index (χ0v) is 19.1. The van der Waals surface area contributed by atoms with Gasteiger partial charge in [0.25, 0.3) is 5.91 Å². The number of amides is 1. The van der Waals surface area contributed by atoms with E-state index < -0.39 is 10.0 Å². The molecule has 0 bridgehead atoms. The maximum atomic E-state index is 13.4. The number of piperazine rings is 1. The minimum Gasteiger partial charge on any atom is -0.367 e. The van der Waals surface area contributed by atoms with E-state index in [1.165, 1.54) is 0 Å². The van der Waals surface area contributed by atoms with Crippen LogP contribution in [-0.4, -0.2) is 58.2 Å². The van der Waals surface area contributed by atoms with Crippen molar-refractivity contribution in [3.63, 3.8) is 0 Å². The fourth-order valence-electron chi connectivity index (χ4n) is 3.72. The van der Waals surface area contributed by atoms with Gasteiger partial charge < -0.3 is 15.1 Å². The van der Waals surface area contributed by atoms with Crippen LogP contribution in [0.15, 0.2) is 48.5 Å². The van der Waals surface area contributed by atoms with Crippen LogP contribution >= 0.6 is 0 Å². The highest BCUT2D eigenvalue weighted by Crippen LogP contribution is 2.29. The molecule has 1 amide bonds. The van der Waals surface area contributed by atoms with E-state index in [1.54, 1.807) is 12.1 Å². The van der Waals surface area contributed by atoms with Gasteiger partial charge in [-0.05, 0) is 30.2 Å². The van der Waals surface area contributed by atoms with Gasteiger partial charge in [-0.2, -0.15) is 0 Å². The topological polar surface area (TPSA) is 81.8 Å². The third kappa shape index (κ3) is 6.70. The first-order valence-corrected chi connectivity index (χ1v) is 12.7. The summed E-state index contributed by atoms with van der Waals surface area (Å²) in [6.45, 7) is 6.50. The SMILES string of the molecule is CCCCN(Cc1ccccc1)C(=O)c1ccc(N2CCNCC2)c(NS(C)(=O)=O)c1. The number of nitrogens with one attached hydrogen (secondary N) is 2. The molecule has 0 aromatic heterocycles. The van der Waals surface area contributed by atoms with E-state index >= 15 is 0 Å². The highest BCUT2D eigenvalue weighted by atomic mass is 32.2. The molecular weight excluding hydrogens is 412 g/mol. The van der Waals surface area contributed by atoms with Gasteiger partial charge in [-0.25, -0.2) is 8.42 Å². The van der Waals surface area contributed by atoms with Gasteiger partial charge in [0, 0.05) is 44.8 Å². The predicted molar refractivity (Wildman–Crippen MR) is 126 cm³/mol. The molecule has 2 aromatic rings. The second kappa shape index (κ2) is 10.6. The van der Waals surface area contributed by atoms with Crippen molar-refractivity contribution < 1.29 is 13.2 Å². The molecule has 0 radical (unpaired) electrons. The van der Waals surface area contributed by atoms with Gasteiger partial charge in [-0.3, -0.25) is 9.52 Å². The Kier molecular flexibility index (Phi) is 7.92. The number of benzene rings is 2. The normalized spacial score (nSPS) is 14.3. The van der Waals surface area contributed by atoms with Crippen molar-refractivity contribution in [2.45, 2.75) is 26.3 Å². The third-order valence-corrected chi connectivity index (χ3v) is 5.87. The van der Waals surface area contributed by atoms with Crippen molar-refractivity contribution in [2.75, 3.05) is 48.6 Å². The summed E-state index contributed by atoms with van der Waals surface area (Å²) in [5, 5.41) is 3.30. The number of anilines is 2. The fraction of sp³-hybridized carbons (Fsp3) is 0.435. The Bertz CT molecular complexity index is 974. The van der Waals surface area contributed by atoms with Crippen molar-refractivity contribution in [2.24, 2.45) is 0 Å². The van der Waals surface area contributed by atoms with Crippen LogP contribution in [0.25, 0.3) is 0 Å². The van der Waals surface area contributed by atoms with Crippen molar-refractivity contribution in [3.05, 3.63) is 59.7 Å². The van der Waals surface area contributed by atoms with Crippen molar-refractivity contribution in [1.82, 2.24) is 10.2 Å². The van der Waals surface area contributed by atoms with Gasteiger partial charge in [0.1, 0.15) is 0 Å². The quantitative estimate of drug-likeness (QED) is 0.622. The molecule has 8 heteroatoms. The maximum Gasteiger partial charge on any atom is 0.254 e. The standard InChI is InChI=1S/C23H32N4O3S/c1-3-4-14-27(18-19-8-6-5-7-9-19)23(28)20-10-11-22(26-15-12-24-13-16-26)21(17-20)25-31(2,29)30/h5-11,17,24-25H,3-4,12-16,18H2,1-2H3. The number of carbonyl (C=O) groups is 1. The van der Waals surface area contributed by atoms with Crippen LogP contribution in [-0.2, 0) is 16.6 Å². The molecule has 31 heavy (non-hydrogen) atoms. The average Bonchev–Trinajstić information content (AvgIpc) is 2.76. The van der Waals surface area contributed by atoms with E-state index in [0.29, 0.717) is 24.3 Å². The molecule has 0 unspecified atom stereocenters. The van der Waals surface area contributed by atoms with Crippen LogP contribution in [0.5, 0.6) is 0 Å². The maximum absolute atomic E-state index is 13.4. The Morgan fingerprint density at radius 2 is 1.84 bits per heavy atom.